The van der Waals surface area contributed by atoms with Crippen LogP contribution in [-0.2, 0) is 4.79 Å². The SMILES string of the molecule is Cc1ccccc1OCC(=O)Nc1ccc(-c2nccs2)cc1. The van der Waals surface area contributed by atoms with Gasteiger partial charge in [0.25, 0.3) is 5.91 Å². The molecule has 1 aromatic heterocycles. The van der Waals surface area contributed by atoms with E-state index < -0.39 is 0 Å². The van der Waals surface area contributed by atoms with Crippen molar-refractivity contribution in [2.45, 2.75) is 6.92 Å². The number of thiazole rings is 1. The Balaban J connectivity index is 1.57. The lowest BCUT2D eigenvalue weighted by Gasteiger charge is -2.09. The first kappa shape index (κ1) is 15.2. The van der Waals surface area contributed by atoms with Gasteiger partial charge in [-0.3, -0.25) is 4.79 Å². The third-order valence-electron chi connectivity index (χ3n) is 3.30. The lowest BCUT2D eigenvalue weighted by Crippen LogP contribution is -2.20. The Morgan fingerprint density at radius 1 is 1.17 bits per heavy atom. The van der Waals surface area contributed by atoms with E-state index in [0.717, 1.165) is 27.6 Å². The molecule has 0 radical (unpaired) electrons. The lowest BCUT2D eigenvalue weighted by molar-refractivity contribution is -0.118. The van der Waals surface area contributed by atoms with Crippen molar-refractivity contribution < 1.29 is 9.53 Å². The highest BCUT2D eigenvalue weighted by Gasteiger charge is 2.06. The van der Waals surface area contributed by atoms with E-state index in [-0.39, 0.29) is 12.5 Å². The van der Waals surface area contributed by atoms with Gasteiger partial charge in [-0.25, -0.2) is 4.98 Å². The van der Waals surface area contributed by atoms with Crippen LogP contribution in [0, 0.1) is 6.92 Å². The first-order chi connectivity index (χ1) is 11.2. The fourth-order valence-electron chi connectivity index (χ4n) is 2.12. The number of nitrogens with one attached hydrogen (secondary N) is 1. The second-order valence-corrected chi connectivity index (χ2v) is 5.91. The van der Waals surface area contributed by atoms with Gasteiger partial charge in [-0.1, -0.05) is 18.2 Å². The number of benzene rings is 2. The molecule has 0 aliphatic heterocycles. The molecule has 0 saturated heterocycles. The van der Waals surface area contributed by atoms with E-state index in [1.807, 2.05) is 60.8 Å². The highest BCUT2D eigenvalue weighted by molar-refractivity contribution is 7.13. The van der Waals surface area contributed by atoms with Gasteiger partial charge >= 0.3 is 0 Å². The van der Waals surface area contributed by atoms with Gasteiger partial charge in [-0.05, 0) is 42.8 Å². The van der Waals surface area contributed by atoms with Gasteiger partial charge in [0.2, 0.25) is 0 Å². The quantitative estimate of drug-likeness (QED) is 0.767. The molecule has 1 heterocycles. The summed E-state index contributed by atoms with van der Waals surface area (Å²) in [6, 6.07) is 15.2. The number of anilines is 1. The van der Waals surface area contributed by atoms with E-state index in [0.29, 0.717) is 0 Å². The molecule has 1 amide bonds. The van der Waals surface area contributed by atoms with Gasteiger partial charge in [-0.2, -0.15) is 0 Å². The maximum Gasteiger partial charge on any atom is 0.262 e. The Labute approximate surface area is 138 Å². The first-order valence-corrected chi connectivity index (χ1v) is 8.08. The Morgan fingerprint density at radius 2 is 1.96 bits per heavy atom. The number of carbonyl (C=O) groups is 1. The van der Waals surface area contributed by atoms with Crippen LogP contribution < -0.4 is 10.1 Å². The van der Waals surface area contributed by atoms with Crippen LogP contribution in [0.1, 0.15) is 5.56 Å². The minimum atomic E-state index is -0.185. The molecule has 3 aromatic rings. The third kappa shape index (κ3) is 3.96. The van der Waals surface area contributed by atoms with Crippen molar-refractivity contribution in [1.82, 2.24) is 4.98 Å². The van der Waals surface area contributed by atoms with Crippen molar-refractivity contribution in [3.63, 3.8) is 0 Å². The molecule has 0 unspecified atom stereocenters. The molecule has 1 N–H and O–H groups in total. The minimum absolute atomic E-state index is 0.0148. The maximum absolute atomic E-state index is 12.0. The standard InChI is InChI=1S/C18H16N2O2S/c1-13-4-2-3-5-16(13)22-12-17(21)20-15-8-6-14(7-9-15)18-19-10-11-23-18/h2-11H,12H2,1H3,(H,20,21). The third-order valence-corrected chi connectivity index (χ3v) is 4.12. The summed E-state index contributed by atoms with van der Waals surface area (Å²) in [5.41, 5.74) is 2.78. The van der Waals surface area contributed by atoms with Crippen LogP contribution in [0.2, 0.25) is 0 Å². The number of carbonyl (C=O) groups excluding carboxylic acids is 1. The topological polar surface area (TPSA) is 51.2 Å². The summed E-state index contributed by atoms with van der Waals surface area (Å²) in [5, 5.41) is 5.73. The number of amides is 1. The van der Waals surface area contributed by atoms with E-state index in [9.17, 15) is 4.79 Å². The first-order valence-electron chi connectivity index (χ1n) is 7.20. The van der Waals surface area contributed by atoms with Crippen LogP contribution >= 0.6 is 11.3 Å². The highest BCUT2D eigenvalue weighted by Crippen LogP contribution is 2.23. The fraction of sp³-hybridized carbons (Fsp3) is 0.111. The number of hydrogen-bond donors (Lipinski definition) is 1. The number of ether oxygens (including phenoxy) is 1. The predicted octanol–water partition coefficient (Wildman–Crippen LogP) is 4.14. The molecule has 2 aromatic carbocycles. The minimum Gasteiger partial charge on any atom is -0.483 e. The van der Waals surface area contributed by atoms with Crippen molar-refractivity contribution >= 4 is 22.9 Å². The van der Waals surface area contributed by atoms with Crippen LogP contribution in [0.15, 0.2) is 60.1 Å². The molecule has 0 saturated carbocycles. The monoisotopic (exact) mass is 324 g/mol. The van der Waals surface area contributed by atoms with E-state index in [4.69, 9.17) is 4.74 Å². The molecule has 23 heavy (non-hydrogen) atoms. The molecule has 0 bridgehead atoms. The predicted molar refractivity (Wildman–Crippen MR) is 92.9 cm³/mol. The van der Waals surface area contributed by atoms with Gasteiger partial charge in [0.1, 0.15) is 10.8 Å². The largest absolute Gasteiger partial charge is 0.483 e. The molecule has 0 spiro atoms. The van der Waals surface area contributed by atoms with Gasteiger partial charge in [0.05, 0.1) is 0 Å². The highest BCUT2D eigenvalue weighted by atomic mass is 32.1. The summed E-state index contributed by atoms with van der Waals surface area (Å²) in [6.07, 6.45) is 1.78. The smallest absolute Gasteiger partial charge is 0.262 e. The zero-order chi connectivity index (χ0) is 16.1. The zero-order valence-corrected chi connectivity index (χ0v) is 13.5. The zero-order valence-electron chi connectivity index (χ0n) is 12.7. The molecule has 3 rings (SSSR count). The summed E-state index contributed by atoms with van der Waals surface area (Å²) in [5.74, 6) is 0.539. The lowest BCUT2D eigenvalue weighted by atomic mass is 10.2. The van der Waals surface area contributed by atoms with Gasteiger partial charge in [0, 0.05) is 22.8 Å². The van der Waals surface area contributed by atoms with Gasteiger partial charge in [-0.15, -0.1) is 11.3 Å². The summed E-state index contributed by atoms with van der Waals surface area (Å²) in [6.45, 7) is 1.93. The average Bonchev–Trinajstić information content (AvgIpc) is 3.09. The normalized spacial score (nSPS) is 10.3. The molecular weight excluding hydrogens is 308 g/mol. The van der Waals surface area contributed by atoms with Crippen molar-refractivity contribution in [2.24, 2.45) is 0 Å². The van der Waals surface area contributed by atoms with E-state index in [1.165, 1.54) is 0 Å². The second-order valence-electron chi connectivity index (χ2n) is 5.02. The van der Waals surface area contributed by atoms with Crippen LogP contribution in [-0.4, -0.2) is 17.5 Å². The number of hydrogen-bond acceptors (Lipinski definition) is 4. The molecule has 116 valence electrons. The Bertz CT molecular complexity index is 783. The fourth-order valence-corrected chi connectivity index (χ4v) is 2.77. The van der Waals surface area contributed by atoms with Crippen LogP contribution in [0.25, 0.3) is 10.6 Å². The van der Waals surface area contributed by atoms with Crippen molar-refractivity contribution in [2.75, 3.05) is 11.9 Å². The molecule has 5 heteroatoms. The number of para-hydroxylation sites is 1. The average molecular weight is 324 g/mol. The van der Waals surface area contributed by atoms with Crippen molar-refractivity contribution in [3.8, 4) is 16.3 Å². The van der Waals surface area contributed by atoms with E-state index in [2.05, 4.69) is 10.3 Å². The summed E-state index contributed by atoms with van der Waals surface area (Å²) < 4.78 is 5.53. The Hall–Kier alpha value is -2.66. The molecule has 0 aliphatic rings. The number of aryl methyl sites for hydroxylation is 1. The van der Waals surface area contributed by atoms with E-state index in [1.54, 1.807) is 17.5 Å². The number of rotatable bonds is 5. The number of nitrogens with zero attached hydrogens (tertiary/aromatic N) is 1. The summed E-state index contributed by atoms with van der Waals surface area (Å²) in [4.78, 5) is 16.2. The van der Waals surface area contributed by atoms with E-state index >= 15 is 0 Å². The molecule has 0 atom stereocenters. The number of aromatic nitrogens is 1. The van der Waals surface area contributed by atoms with Crippen molar-refractivity contribution in [3.05, 3.63) is 65.7 Å². The maximum atomic E-state index is 12.0. The van der Waals surface area contributed by atoms with Crippen molar-refractivity contribution in [1.29, 1.82) is 0 Å². The molecular formula is C18H16N2O2S. The Morgan fingerprint density at radius 3 is 2.65 bits per heavy atom. The molecule has 0 aliphatic carbocycles. The van der Waals surface area contributed by atoms with Crippen LogP contribution in [0.3, 0.4) is 0 Å². The second kappa shape index (κ2) is 7.07. The van der Waals surface area contributed by atoms with Gasteiger partial charge < -0.3 is 10.1 Å². The van der Waals surface area contributed by atoms with Crippen LogP contribution in [0.5, 0.6) is 5.75 Å². The van der Waals surface area contributed by atoms with Crippen LogP contribution in [0.4, 0.5) is 5.69 Å². The molecule has 4 nitrogen and oxygen atoms in total. The summed E-state index contributed by atoms with van der Waals surface area (Å²) in [7, 11) is 0. The molecule has 0 fully saturated rings. The Kier molecular flexibility index (Phi) is 4.68. The van der Waals surface area contributed by atoms with Gasteiger partial charge in [0.15, 0.2) is 6.61 Å². The summed E-state index contributed by atoms with van der Waals surface area (Å²) >= 11 is 1.58.